The van der Waals surface area contributed by atoms with Gasteiger partial charge in [0.05, 0.1) is 23.4 Å². The van der Waals surface area contributed by atoms with E-state index in [9.17, 15) is 9.59 Å². The number of carbonyl (C=O) groups excluding carboxylic acids is 2. The lowest BCUT2D eigenvalue weighted by molar-refractivity contribution is -0.125. The SMILES string of the molecule is CCOc1ccc(-c2cc(C(=O)N[C@H]3CC(=O)[C@@H](OC)C3)c3ccccc3n2)cc1. The van der Waals surface area contributed by atoms with Crippen LogP contribution in [0.1, 0.15) is 30.1 Å². The van der Waals surface area contributed by atoms with Gasteiger partial charge in [-0.15, -0.1) is 0 Å². The van der Waals surface area contributed by atoms with Crippen LogP contribution in [0, 0.1) is 0 Å². The van der Waals surface area contributed by atoms with E-state index in [0.29, 0.717) is 30.7 Å². The summed E-state index contributed by atoms with van der Waals surface area (Å²) in [4.78, 5) is 29.8. The third kappa shape index (κ3) is 4.04. The molecule has 1 fully saturated rings. The smallest absolute Gasteiger partial charge is 0.252 e. The number of Topliss-reactive ketones (excluding diaryl/α,β-unsaturated/α-hetero) is 1. The van der Waals surface area contributed by atoms with Gasteiger partial charge in [0.1, 0.15) is 11.9 Å². The molecule has 154 valence electrons. The molecule has 3 aromatic rings. The van der Waals surface area contributed by atoms with Crippen molar-refractivity contribution in [3.8, 4) is 17.0 Å². The van der Waals surface area contributed by atoms with Crippen molar-refractivity contribution < 1.29 is 19.1 Å². The highest BCUT2D eigenvalue weighted by Crippen LogP contribution is 2.27. The Balaban J connectivity index is 1.66. The van der Waals surface area contributed by atoms with Crippen molar-refractivity contribution >= 4 is 22.6 Å². The fourth-order valence-electron chi connectivity index (χ4n) is 3.85. The van der Waals surface area contributed by atoms with Gasteiger partial charge >= 0.3 is 0 Å². The van der Waals surface area contributed by atoms with Crippen molar-refractivity contribution in [2.45, 2.75) is 31.9 Å². The summed E-state index contributed by atoms with van der Waals surface area (Å²) in [7, 11) is 1.52. The molecule has 6 nitrogen and oxygen atoms in total. The highest BCUT2D eigenvalue weighted by atomic mass is 16.5. The first-order valence-electron chi connectivity index (χ1n) is 10.1. The fraction of sp³-hybridized carbons (Fsp3) is 0.292. The lowest BCUT2D eigenvalue weighted by Gasteiger charge is -2.14. The van der Waals surface area contributed by atoms with E-state index < -0.39 is 6.10 Å². The van der Waals surface area contributed by atoms with Crippen LogP contribution < -0.4 is 10.1 Å². The number of fused-ring (bicyclic) bond motifs is 1. The summed E-state index contributed by atoms with van der Waals surface area (Å²) in [6, 6.07) is 16.8. The van der Waals surface area contributed by atoms with Crippen LogP contribution in [-0.2, 0) is 9.53 Å². The van der Waals surface area contributed by atoms with Crippen LogP contribution in [0.25, 0.3) is 22.2 Å². The molecular weight excluding hydrogens is 380 g/mol. The molecule has 0 spiro atoms. The minimum Gasteiger partial charge on any atom is -0.494 e. The normalized spacial score (nSPS) is 18.5. The first-order valence-corrected chi connectivity index (χ1v) is 10.1. The average molecular weight is 404 g/mol. The zero-order valence-corrected chi connectivity index (χ0v) is 17.1. The topological polar surface area (TPSA) is 77.5 Å². The molecule has 1 aliphatic carbocycles. The number of ketones is 1. The quantitative estimate of drug-likeness (QED) is 0.677. The monoisotopic (exact) mass is 404 g/mol. The number of aromatic nitrogens is 1. The van der Waals surface area contributed by atoms with E-state index in [1.807, 2.05) is 55.5 Å². The molecule has 0 radical (unpaired) electrons. The summed E-state index contributed by atoms with van der Waals surface area (Å²) >= 11 is 0. The van der Waals surface area contributed by atoms with Crippen molar-refractivity contribution in [2.24, 2.45) is 0 Å². The summed E-state index contributed by atoms with van der Waals surface area (Å²) in [5, 5.41) is 3.77. The van der Waals surface area contributed by atoms with E-state index in [-0.39, 0.29) is 17.7 Å². The molecule has 2 aromatic carbocycles. The maximum atomic E-state index is 13.1. The van der Waals surface area contributed by atoms with Gasteiger partial charge in [0.25, 0.3) is 5.91 Å². The Kier molecular flexibility index (Phi) is 5.77. The zero-order chi connectivity index (χ0) is 21.1. The third-order valence-corrected chi connectivity index (χ3v) is 5.35. The molecule has 1 heterocycles. The van der Waals surface area contributed by atoms with Crippen LogP contribution in [0.3, 0.4) is 0 Å². The van der Waals surface area contributed by atoms with Crippen molar-refractivity contribution in [3.05, 3.63) is 60.2 Å². The van der Waals surface area contributed by atoms with Crippen molar-refractivity contribution in [1.82, 2.24) is 10.3 Å². The molecule has 30 heavy (non-hydrogen) atoms. The highest BCUT2D eigenvalue weighted by molar-refractivity contribution is 6.07. The van der Waals surface area contributed by atoms with Gasteiger partial charge < -0.3 is 14.8 Å². The van der Waals surface area contributed by atoms with Crippen molar-refractivity contribution in [2.75, 3.05) is 13.7 Å². The maximum Gasteiger partial charge on any atom is 0.252 e. The number of nitrogens with one attached hydrogen (secondary N) is 1. The molecule has 0 bridgehead atoms. The van der Waals surface area contributed by atoms with Gasteiger partial charge in [-0.3, -0.25) is 9.59 Å². The van der Waals surface area contributed by atoms with Crippen molar-refractivity contribution in [3.63, 3.8) is 0 Å². The van der Waals surface area contributed by atoms with Crippen LogP contribution in [0.4, 0.5) is 0 Å². The van der Waals surface area contributed by atoms with Gasteiger partial charge in [0, 0.05) is 36.9 Å². The molecular formula is C24H24N2O4. The van der Waals surface area contributed by atoms with Crippen LogP contribution in [-0.4, -0.2) is 42.5 Å². The molecule has 0 saturated heterocycles. The summed E-state index contributed by atoms with van der Waals surface area (Å²) < 4.78 is 10.7. The predicted molar refractivity (Wildman–Crippen MR) is 115 cm³/mol. The molecule has 4 rings (SSSR count). The Morgan fingerprint density at radius 1 is 1.17 bits per heavy atom. The lowest BCUT2D eigenvalue weighted by atomic mass is 10.0. The number of amides is 1. The molecule has 0 aliphatic heterocycles. The van der Waals surface area contributed by atoms with Crippen LogP contribution in [0.5, 0.6) is 5.75 Å². The predicted octanol–water partition coefficient (Wildman–Crippen LogP) is 3.78. The molecule has 1 aliphatic rings. The number of ether oxygens (including phenoxy) is 2. The number of pyridine rings is 1. The average Bonchev–Trinajstić information content (AvgIpc) is 3.12. The van der Waals surface area contributed by atoms with E-state index in [4.69, 9.17) is 14.5 Å². The number of carbonyl (C=O) groups is 2. The standard InChI is InChI=1S/C24H24N2O4/c1-3-30-17-10-8-15(9-11-17)21-14-19(18-6-4-5-7-20(18)26-21)24(28)25-16-12-22(27)23(13-16)29-2/h4-11,14,16,23H,3,12-13H2,1-2H3,(H,25,28)/t16-,23-/m0/s1. The summed E-state index contributed by atoms with van der Waals surface area (Å²) in [6.07, 6.45) is 0.346. The molecule has 6 heteroatoms. The minimum atomic E-state index is -0.441. The van der Waals surface area contributed by atoms with Gasteiger partial charge in [0.2, 0.25) is 0 Å². The number of methoxy groups -OCH3 is 1. The van der Waals surface area contributed by atoms with E-state index in [1.165, 1.54) is 7.11 Å². The third-order valence-electron chi connectivity index (χ3n) is 5.35. The Morgan fingerprint density at radius 3 is 2.63 bits per heavy atom. The van der Waals surface area contributed by atoms with Gasteiger partial charge in [-0.05, 0) is 43.3 Å². The number of nitrogens with zero attached hydrogens (tertiary/aromatic N) is 1. The minimum absolute atomic E-state index is 0.0254. The first kappa shape index (κ1) is 20.0. The molecule has 1 amide bonds. The second kappa shape index (κ2) is 8.63. The van der Waals surface area contributed by atoms with Gasteiger partial charge in [-0.25, -0.2) is 4.98 Å². The lowest BCUT2D eigenvalue weighted by Crippen LogP contribution is -2.33. The van der Waals surface area contributed by atoms with Crippen LogP contribution in [0.2, 0.25) is 0 Å². The molecule has 2 atom stereocenters. The summed E-state index contributed by atoms with van der Waals surface area (Å²) in [5.41, 5.74) is 2.89. The second-order valence-electron chi connectivity index (χ2n) is 7.33. The van der Waals surface area contributed by atoms with Gasteiger partial charge in [-0.1, -0.05) is 18.2 Å². The van der Waals surface area contributed by atoms with E-state index in [0.717, 1.165) is 22.2 Å². The van der Waals surface area contributed by atoms with E-state index in [2.05, 4.69) is 5.32 Å². The van der Waals surface area contributed by atoms with Crippen molar-refractivity contribution in [1.29, 1.82) is 0 Å². The Hall–Kier alpha value is -3.25. The number of rotatable bonds is 6. The molecule has 1 aromatic heterocycles. The molecule has 1 N–H and O–H groups in total. The van der Waals surface area contributed by atoms with E-state index >= 15 is 0 Å². The fourth-order valence-corrected chi connectivity index (χ4v) is 3.85. The Bertz CT molecular complexity index is 1080. The first-order chi connectivity index (χ1) is 14.6. The molecule has 0 unspecified atom stereocenters. The highest BCUT2D eigenvalue weighted by Gasteiger charge is 2.33. The second-order valence-corrected chi connectivity index (χ2v) is 7.33. The van der Waals surface area contributed by atoms with Gasteiger partial charge in [0.15, 0.2) is 5.78 Å². The Labute approximate surface area is 175 Å². The van der Waals surface area contributed by atoms with Gasteiger partial charge in [-0.2, -0.15) is 0 Å². The molecule has 1 saturated carbocycles. The number of benzene rings is 2. The summed E-state index contributed by atoms with van der Waals surface area (Å²) in [5.74, 6) is 0.603. The largest absolute Gasteiger partial charge is 0.494 e. The van der Waals surface area contributed by atoms with Crippen LogP contribution in [0.15, 0.2) is 54.6 Å². The summed E-state index contributed by atoms with van der Waals surface area (Å²) in [6.45, 7) is 2.54. The Morgan fingerprint density at radius 2 is 1.93 bits per heavy atom. The zero-order valence-electron chi connectivity index (χ0n) is 17.1. The number of para-hydroxylation sites is 1. The maximum absolute atomic E-state index is 13.1. The van der Waals surface area contributed by atoms with E-state index in [1.54, 1.807) is 6.07 Å². The number of hydrogen-bond donors (Lipinski definition) is 1. The number of hydrogen-bond acceptors (Lipinski definition) is 5. The van der Waals surface area contributed by atoms with Crippen LogP contribution >= 0.6 is 0 Å².